The molecule has 2 heterocycles. The predicted molar refractivity (Wildman–Crippen MR) is 59.3 cm³/mol. The summed E-state index contributed by atoms with van der Waals surface area (Å²) in [5.74, 6) is 0.869. The van der Waals surface area contributed by atoms with E-state index < -0.39 is 0 Å². The minimum atomic E-state index is 0.869. The van der Waals surface area contributed by atoms with E-state index in [0.29, 0.717) is 0 Å². The Hall–Kier alpha value is -2.03. The molecule has 0 bridgehead atoms. The van der Waals surface area contributed by atoms with Crippen LogP contribution in [0.2, 0.25) is 0 Å². The van der Waals surface area contributed by atoms with E-state index in [4.69, 9.17) is 4.74 Å². The average Bonchev–Trinajstić information content (AvgIpc) is 2.67. The topological polar surface area (TPSA) is 26.5 Å². The van der Waals surface area contributed by atoms with E-state index in [-0.39, 0.29) is 0 Å². The fraction of sp³-hybridized carbons (Fsp3) is 0.0833. The predicted octanol–water partition coefficient (Wildman–Crippen LogP) is 2.50. The van der Waals surface area contributed by atoms with Gasteiger partial charge in [0.05, 0.1) is 23.5 Å². The molecule has 0 radical (unpaired) electrons. The number of nitrogens with zero attached hydrogens (tertiary/aromatic N) is 2. The molecule has 3 nitrogen and oxygen atoms in total. The third kappa shape index (κ3) is 1.09. The van der Waals surface area contributed by atoms with Crippen molar-refractivity contribution < 1.29 is 4.74 Å². The Kier molecular flexibility index (Phi) is 1.65. The van der Waals surface area contributed by atoms with Crippen molar-refractivity contribution in [2.75, 3.05) is 7.11 Å². The van der Waals surface area contributed by atoms with Crippen LogP contribution in [0.25, 0.3) is 16.4 Å². The van der Waals surface area contributed by atoms with Gasteiger partial charge in [-0.15, -0.1) is 0 Å². The summed E-state index contributed by atoms with van der Waals surface area (Å²) in [6.45, 7) is 0. The van der Waals surface area contributed by atoms with Crippen LogP contribution < -0.4 is 4.74 Å². The SMILES string of the molecule is COc1cccc2nn3ccccc3c12. The van der Waals surface area contributed by atoms with E-state index in [1.54, 1.807) is 7.11 Å². The van der Waals surface area contributed by atoms with Crippen LogP contribution in [0.4, 0.5) is 0 Å². The first kappa shape index (κ1) is 8.29. The first-order valence-corrected chi connectivity index (χ1v) is 4.80. The van der Waals surface area contributed by atoms with Gasteiger partial charge in [-0.2, -0.15) is 5.10 Å². The summed E-state index contributed by atoms with van der Waals surface area (Å²) in [4.78, 5) is 0. The largest absolute Gasteiger partial charge is 0.496 e. The van der Waals surface area contributed by atoms with Crippen molar-refractivity contribution in [2.45, 2.75) is 0 Å². The van der Waals surface area contributed by atoms with Gasteiger partial charge in [-0.05, 0) is 24.3 Å². The van der Waals surface area contributed by atoms with E-state index in [9.17, 15) is 0 Å². The lowest BCUT2D eigenvalue weighted by atomic mass is 10.2. The molecule has 0 aliphatic rings. The second-order valence-corrected chi connectivity index (χ2v) is 3.38. The number of aromatic nitrogens is 2. The molecule has 0 spiro atoms. The van der Waals surface area contributed by atoms with Crippen molar-refractivity contribution >= 4 is 16.4 Å². The maximum absolute atomic E-state index is 5.34. The number of pyridine rings is 1. The second kappa shape index (κ2) is 2.98. The highest BCUT2D eigenvalue weighted by Crippen LogP contribution is 2.28. The molecule has 3 heteroatoms. The highest BCUT2D eigenvalue weighted by Gasteiger charge is 2.08. The maximum Gasteiger partial charge on any atom is 0.130 e. The van der Waals surface area contributed by atoms with Crippen molar-refractivity contribution in [3.8, 4) is 5.75 Å². The van der Waals surface area contributed by atoms with Crippen LogP contribution in [-0.2, 0) is 0 Å². The number of benzene rings is 1. The van der Waals surface area contributed by atoms with E-state index in [2.05, 4.69) is 5.10 Å². The minimum Gasteiger partial charge on any atom is -0.496 e. The molecular formula is C12H10N2O. The van der Waals surface area contributed by atoms with Gasteiger partial charge in [0, 0.05) is 6.20 Å². The molecule has 0 atom stereocenters. The standard InChI is InChI=1S/C12H10N2O/c1-15-11-7-4-5-9-12(11)10-6-2-3-8-14(10)13-9/h2-8H,1H3. The molecule has 0 aliphatic carbocycles. The molecule has 15 heavy (non-hydrogen) atoms. The monoisotopic (exact) mass is 198 g/mol. The Morgan fingerprint density at radius 3 is 2.93 bits per heavy atom. The normalized spacial score (nSPS) is 11.0. The highest BCUT2D eigenvalue weighted by molar-refractivity contribution is 5.99. The fourth-order valence-electron chi connectivity index (χ4n) is 1.87. The van der Waals surface area contributed by atoms with Gasteiger partial charge in [-0.1, -0.05) is 12.1 Å². The third-order valence-corrected chi connectivity index (χ3v) is 2.54. The molecule has 0 N–H and O–H groups in total. The lowest BCUT2D eigenvalue weighted by Crippen LogP contribution is -1.83. The van der Waals surface area contributed by atoms with Gasteiger partial charge in [-0.3, -0.25) is 0 Å². The van der Waals surface area contributed by atoms with E-state index in [1.165, 1.54) is 0 Å². The van der Waals surface area contributed by atoms with Crippen molar-refractivity contribution in [1.82, 2.24) is 9.61 Å². The zero-order valence-corrected chi connectivity index (χ0v) is 8.34. The number of methoxy groups -OCH3 is 1. The van der Waals surface area contributed by atoms with Gasteiger partial charge in [0.2, 0.25) is 0 Å². The molecule has 0 unspecified atom stereocenters. The van der Waals surface area contributed by atoms with Crippen molar-refractivity contribution in [2.24, 2.45) is 0 Å². The summed E-state index contributed by atoms with van der Waals surface area (Å²) < 4.78 is 7.21. The Labute approximate surface area is 86.9 Å². The van der Waals surface area contributed by atoms with Crippen molar-refractivity contribution in [1.29, 1.82) is 0 Å². The number of hydrogen-bond donors (Lipinski definition) is 0. The molecule has 2 aromatic heterocycles. The van der Waals surface area contributed by atoms with Gasteiger partial charge in [0.1, 0.15) is 5.75 Å². The molecule has 0 fully saturated rings. The molecular weight excluding hydrogens is 188 g/mol. The van der Waals surface area contributed by atoms with Gasteiger partial charge in [0.15, 0.2) is 0 Å². The Balaban J connectivity index is 2.56. The summed E-state index contributed by atoms with van der Waals surface area (Å²) in [7, 11) is 1.68. The summed E-state index contributed by atoms with van der Waals surface area (Å²) in [6, 6.07) is 11.9. The molecule has 0 amide bonds. The number of hydrogen-bond acceptors (Lipinski definition) is 2. The number of fused-ring (bicyclic) bond motifs is 3. The van der Waals surface area contributed by atoms with E-state index >= 15 is 0 Å². The van der Waals surface area contributed by atoms with Gasteiger partial charge in [-0.25, -0.2) is 4.52 Å². The average molecular weight is 198 g/mol. The van der Waals surface area contributed by atoms with Crippen LogP contribution in [0.3, 0.4) is 0 Å². The van der Waals surface area contributed by atoms with Crippen LogP contribution in [0.15, 0.2) is 42.6 Å². The van der Waals surface area contributed by atoms with Gasteiger partial charge in [0.25, 0.3) is 0 Å². The maximum atomic E-state index is 5.34. The highest BCUT2D eigenvalue weighted by atomic mass is 16.5. The second-order valence-electron chi connectivity index (χ2n) is 3.38. The molecule has 1 aromatic carbocycles. The smallest absolute Gasteiger partial charge is 0.130 e. The fourth-order valence-corrected chi connectivity index (χ4v) is 1.87. The Morgan fingerprint density at radius 2 is 2.07 bits per heavy atom. The molecule has 3 aromatic rings. The molecule has 3 rings (SSSR count). The zero-order valence-electron chi connectivity index (χ0n) is 8.34. The van der Waals surface area contributed by atoms with Crippen LogP contribution in [0.5, 0.6) is 5.75 Å². The lowest BCUT2D eigenvalue weighted by molar-refractivity contribution is 0.420. The van der Waals surface area contributed by atoms with E-state index in [0.717, 1.165) is 22.2 Å². The van der Waals surface area contributed by atoms with Crippen LogP contribution >= 0.6 is 0 Å². The van der Waals surface area contributed by atoms with Crippen LogP contribution in [0, 0.1) is 0 Å². The quantitative estimate of drug-likeness (QED) is 0.600. The number of rotatable bonds is 1. The van der Waals surface area contributed by atoms with Crippen LogP contribution in [0.1, 0.15) is 0 Å². The first-order chi connectivity index (χ1) is 7.40. The lowest BCUT2D eigenvalue weighted by Gasteiger charge is -1.99. The Bertz CT molecular complexity index is 628. The summed E-state index contributed by atoms with van der Waals surface area (Å²) in [6.07, 6.45) is 1.94. The van der Waals surface area contributed by atoms with Gasteiger partial charge >= 0.3 is 0 Å². The summed E-state index contributed by atoms with van der Waals surface area (Å²) >= 11 is 0. The summed E-state index contributed by atoms with van der Waals surface area (Å²) in [5.41, 5.74) is 2.03. The molecule has 74 valence electrons. The van der Waals surface area contributed by atoms with Gasteiger partial charge < -0.3 is 4.74 Å². The minimum absolute atomic E-state index is 0.869. The zero-order chi connectivity index (χ0) is 10.3. The van der Waals surface area contributed by atoms with Crippen LogP contribution in [-0.4, -0.2) is 16.7 Å². The molecule has 0 aliphatic heterocycles. The van der Waals surface area contributed by atoms with E-state index in [1.807, 2.05) is 47.1 Å². The molecule has 0 saturated heterocycles. The van der Waals surface area contributed by atoms with Crippen molar-refractivity contribution in [3.05, 3.63) is 42.6 Å². The first-order valence-electron chi connectivity index (χ1n) is 4.80. The number of ether oxygens (including phenoxy) is 1. The molecule has 0 saturated carbocycles. The van der Waals surface area contributed by atoms with Crippen molar-refractivity contribution in [3.63, 3.8) is 0 Å². The summed E-state index contributed by atoms with van der Waals surface area (Å²) in [5, 5.41) is 5.53. The third-order valence-electron chi connectivity index (χ3n) is 2.54. The Morgan fingerprint density at radius 1 is 1.13 bits per heavy atom.